The molecule has 0 bridgehead atoms. The van der Waals surface area contributed by atoms with Crippen LogP contribution in [0.3, 0.4) is 0 Å². The molecular formula is C39H50N8O6S. The molecule has 0 radical (unpaired) electrons. The lowest BCUT2D eigenvalue weighted by Gasteiger charge is -2.29. The normalized spacial score (nSPS) is 18.5. The summed E-state index contributed by atoms with van der Waals surface area (Å²) < 4.78 is 9.51. The van der Waals surface area contributed by atoms with Crippen molar-refractivity contribution < 1.29 is 28.7 Å². The van der Waals surface area contributed by atoms with Crippen molar-refractivity contribution in [3.63, 3.8) is 0 Å². The number of nitrogens with zero attached hydrogens (tertiary/aromatic N) is 4. The summed E-state index contributed by atoms with van der Waals surface area (Å²) in [6.45, 7) is 8.82. The van der Waals surface area contributed by atoms with E-state index in [0.29, 0.717) is 13.1 Å². The van der Waals surface area contributed by atoms with Gasteiger partial charge in [-0.15, -0.1) is 11.3 Å². The second-order valence-corrected chi connectivity index (χ2v) is 15.7. The van der Waals surface area contributed by atoms with Crippen LogP contribution >= 0.6 is 11.3 Å². The third-order valence-corrected chi connectivity index (χ3v) is 11.3. The van der Waals surface area contributed by atoms with Crippen LogP contribution in [-0.2, 0) is 25.5 Å². The molecule has 4 aromatic rings. The molecule has 2 saturated heterocycles. The molecule has 0 saturated carbocycles. The van der Waals surface area contributed by atoms with E-state index in [9.17, 15) is 19.2 Å². The van der Waals surface area contributed by atoms with Gasteiger partial charge in [-0.05, 0) is 67.3 Å². The Labute approximate surface area is 319 Å². The molecule has 0 spiro atoms. The maximum Gasteiger partial charge on any atom is 0.407 e. The number of ether oxygens (including phenoxy) is 2. The molecule has 5 heterocycles. The smallest absolute Gasteiger partial charge is 0.407 e. The minimum atomic E-state index is -0.683. The SMILES string of the molecule is COC(=O)N[C@H](C(=O)N1CCC[C@H]1c1nc(-c2ccc(CC=Cc3ccc4nc([C@@H]5CCCN5C(=O)[C@@H](NC(=O)OC)C(C)C)[nH]c4c3)s2)c[nH]1)C(C)C. The Balaban J connectivity index is 1.08. The lowest BCUT2D eigenvalue weighted by Crippen LogP contribution is -2.51. The number of methoxy groups -OCH3 is 2. The molecule has 2 fully saturated rings. The first-order valence-corrected chi connectivity index (χ1v) is 19.4. The first-order valence-electron chi connectivity index (χ1n) is 18.6. The maximum atomic E-state index is 13.5. The highest BCUT2D eigenvalue weighted by atomic mass is 32.1. The van der Waals surface area contributed by atoms with E-state index in [0.717, 1.165) is 70.9 Å². The second-order valence-electron chi connectivity index (χ2n) is 14.5. The van der Waals surface area contributed by atoms with Gasteiger partial charge in [0.1, 0.15) is 23.7 Å². The molecule has 288 valence electrons. The molecule has 0 aliphatic carbocycles. The monoisotopic (exact) mass is 758 g/mol. The molecule has 15 heteroatoms. The summed E-state index contributed by atoms with van der Waals surface area (Å²) in [5.74, 6) is 1.02. The minimum Gasteiger partial charge on any atom is -0.453 e. The number of benzene rings is 1. The van der Waals surface area contributed by atoms with Crippen molar-refractivity contribution >= 4 is 52.4 Å². The van der Waals surface area contributed by atoms with Gasteiger partial charge < -0.3 is 39.9 Å². The predicted octanol–water partition coefficient (Wildman–Crippen LogP) is 6.36. The Kier molecular flexibility index (Phi) is 12.0. The highest BCUT2D eigenvalue weighted by Gasteiger charge is 2.39. The number of nitrogens with one attached hydrogen (secondary N) is 4. The zero-order chi connectivity index (χ0) is 38.5. The number of thiophene rings is 1. The summed E-state index contributed by atoms with van der Waals surface area (Å²) in [6, 6.07) is 8.52. The van der Waals surface area contributed by atoms with E-state index in [1.165, 1.54) is 19.1 Å². The van der Waals surface area contributed by atoms with Crippen LogP contribution in [-0.4, -0.2) is 93.1 Å². The average Bonchev–Trinajstić information content (AvgIpc) is 4.00. The van der Waals surface area contributed by atoms with Gasteiger partial charge in [0.05, 0.1) is 47.9 Å². The van der Waals surface area contributed by atoms with Crippen LogP contribution in [0.5, 0.6) is 0 Å². The molecular weight excluding hydrogens is 709 g/mol. The fourth-order valence-electron chi connectivity index (χ4n) is 7.26. The Morgan fingerprint density at radius 1 is 0.870 bits per heavy atom. The highest BCUT2D eigenvalue weighted by molar-refractivity contribution is 7.15. The third kappa shape index (κ3) is 8.46. The van der Waals surface area contributed by atoms with Crippen LogP contribution in [0.4, 0.5) is 9.59 Å². The summed E-state index contributed by atoms with van der Waals surface area (Å²) in [5.41, 5.74) is 3.60. The van der Waals surface area contributed by atoms with Crippen molar-refractivity contribution in [2.45, 2.75) is 84.0 Å². The highest BCUT2D eigenvalue weighted by Crippen LogP contribution is 2.35. The summed E-state index contributed by atoms with van der Waals surface area (Å²) in [6.07, 6.45) is 8.92. The number of carbonyl (C=O) groups is 4. The summed E-state index contributed by atoms with van der Waals surface area (Å²) in [4.78, 5) is 73.3. The molecule has 6 rings (SSSR count). The lowest BCUT2D eigenvalue weighted by atomic mass is 10.0. The lowest BCUT2D eigenvalue weighted by molar-refractivity contribution is -0.136. The fraction of sp³-hybridized carbons (Fsp3) is 0.487. The molecule has 2 aliphatic rings. The van der Waals surface area contributed by atoms with Gasteiger partial charge in [0.2, 0.25) is 11.8 Å². The van der Waals surface area contributed by atoms with E-state index in [-0.39, 0.29) is 35.7 Å². The maximum absolute atomic E-state index is 13.5. The van der Waals surface area contributed by atoms with Crippen LogP contribution in [0, 0.1) is 11.8 Å². The molecule has 14 nitrogen and oxygen atoms in total. The van der Waals surface area contributed by atoms with Crippen LogP contribution in [0.2, 0.25) is 0 Å². The first-order chi connectivity index (χ1) is 26.0. The van der Waals surface area contributed by atoms with Gasteiger partial charge in [-0.3, -0.25) is 9.59 Å². The number of amides is 4. The molecule has 0 unspecified atom stereocenters. The van der Waals surface area contributed by atoms with Crippen molar-refractivity contribution in [1.29, 1.82) is 0 Å². The molecule has 3 aromatic heterocycles. The topological polar surface area (TPSA) is 175 Å². The van der Waals surface area contributed by atoms with Crippen molar-refractivity contribution in [2.24, 2.45) is 11.8 Å². The van der Waals surface area contributed by atoms with Crippen molar-refractivity contribution in [2.75, 3.05) is 27.3 Å². The molecule has 1 aromatic carbocycles. The summed E-state index contributed by atoms with van der Waals surface area (Å²) in [5, 5.41) is 5.39. The van der Waals surface area contributed by atoms with Crippen LogP contribution in [0.15, 0.2) is 42.6 Å². The number of alkyl carbamates (subject to hydrolysis) is 2. The number of rotatable bonds is 12. The number of allylic oxidation sites excluding steroid dienone is 1. The third-order valence-electron chi connectivity index (χ3n) is 10.2. The number of aromatic nitrogens is 4. The quantitative estimate of drug-likeness (QED) is 0.129. The van der Waals surface area contributed by atoms with Gasteiger partial charge in [0, 0.05) is 30.6 Å². The van der Waals surface area contributed by atoms with Crippen LogP contribution in [0.25, 0.3) is 27.7 Å². The number of H-pyrrole nitrogens is 2. The zero-order valence-electron chi connectivity index (χ0n) is 31.7. The van der Waals surface area contributed by atoms with Crippen molar-refractivity contribution in [1.82, 2.24) is 40.4 Å². The van der Waals surface area contributed by atoms with E-state index in [4.69, 9.17) is 19.4 Å². The van der Waals surface area contributed by atoms with Gasteiger partial charge in [0.15, 0.2) is 0 Å². The van der Waals surface area contributed by atoms with Gasteiger partial charge in [-0.25, -0.2) is 19.6 Å². The number of likely N-dealkylation sites (tertiary alicyclic amines) is 2. The number of carbonyl (C=O) groups excluding carboxylic acids is 4. The van der Waals surface area contributed by atoms with Crippen LogP contribution < -0.4 is 10.6 Å². The van der Waals surface area contributed by atoms with Gasteiger partial charge in [-0.2, -0.15) is 0 Å². The predicted molar refractivity (Wildman–Crippen MR) is 206 cm³/mol. The van der Waals surface area contributed by atoms with Gasteiger partial charge >= 0.3 is 12.2 Å². The number of fused-ring (bicyclic) bond motifs is 1. The van der Waals surface area contributed by atoms with Gasteiger partial charge in [0.25, 0.3) is 0 Å². The number of aromatic amines is 2. The molecule has 4 N–H and O–H groups in total. The van der Waals surface area contributed by atoms with Crippen LogP contribution in [0.1, 0.15) is 87.6 Å². The Bertz CT molecular complexity index is 2000. The van der Waals surface area contributed by atoms with Gasteiger partial charge in [-0.1, -0.05) is 45.9 Å². The van der Waals surface area contributed by atoms with Crippen molar-refractivity contribution in [3.05, 3.63) is 64.7 Å². The minimum absolute atomic E-state index is 0.0979. The summed E-state index contributed by atoms with van der Waals surface area (Å²) >= 11 is 1.68. The molecule has 4 amide bonds. The van der Waals surface area contributed by atoms with E-state index in [1.54, 1.807) is 11.3 Å². The zero-order valence-corrected chi connectivity index (χ0v) is 32.5. The Morgan fingerprint density at radius 2 is 1.48 bits per heavy atom. The Morgan fingerprint density at radius 3 is 2.07 bits per heavy atom. The van der Waals surface area contributed by atoms with Crippen molar-refractivity contribution in [3.8, 4) is 10.6 Å². The van der Waals surface area contributed by atoms with E-state index >= 15 is 0 Å². The van der Waals surface area contributed by atoms with E-state index in [1.807, 2.05) is 55.8 Å². The fourth-order valence-corrected chi connectivity index (χ4v) is 8.21. The summed E-state index contributed by atoms with van der Waals surface area (Å²) in [7, 11) is 2.58. The second kappa shape index (κ2) is 16.9. The molecule has 4 atom stereocenters. The molecule has 54 heavy (non-hydrogen) atoms. The molecule has 2 aliphatic heterocycles. The first kappa shape index (κ1) is 38.5. The average molecular weight is 759 g/mol. The standard InChI is InChI=1S/C39H50N8O6S/c1-22(2)32(44-38(50)52-5)36(48)46-18-8-12-29(46)34-40-21-28(43-34)31-17-15-25(54-31)11-7-10-24-14-16-26-27(20-24)42-35(41-26)30-13-9-19-47(30)37(49)33(23(3)4)45-39(51)53-6/h7,10,14-17,20-23,29-30,32-33H,8-9,11-13,18-19H2,1-6H3,(H,40,43)(H,41,42)(H,44,50)(H,45,51)/t29-,30-,32-,33-/m0/s1. The Hall–Kier alpha value is -5.18. The van der Waals surface area contributed by atoms with E-state index in [2.05, 4.69) is 51.0 Å². The largest absolute Gasteiger partial charge is 0.453 e. The number of imidazole rings is 2. The number of hydrogen-bond donors (Lipinski definition) is 4. The van der Waals surface area contributed by atoms with E-state index < -0.39 is 24.3 Å². The number of hydrogen-bond acceptors (Lipinski definition) is 9.